The molecule has 1 heterocycles. The van der Waals surface area contributed by atoms with Crippen molar-refractivity contribution in [2.45, 2.75) is 6.92 Å². The van der Waals surface area contributed by atoms with Crippen molar-refractivity contribution in [2.24, 2.45) is 0 Å². The third-order valence-corrected chi connectivity index (χ3v) is 1.33. The molecule has 6 nitrogen and oxygen atoms in total. The van der Waals surface area contributed by atoms with Gasteiger partial charge in [-0.05, 0) is 6.92 Å². The first-order chi connectivity index (χ1) is 6.15. The Balaban J connectivity index is 2.87. The van der Waals surface area contributed by atoms with Gasteiger partial charge in [-0.15, -0.1) is 0 Å². The summed E-state index contributed by atoms with van der Waals surface area (Å²) in [7, 11) is 0. The van der Waals surface area contributed by atoms with E-state index in [-0.39, 0.29) is 18.1 Å². The van der Waals surface area contributed by atoms with E-state index in [9.17, 15) is 15.0 Å². The molecule has 0 saturated carbocycles. The van der Waals surface area contributed by atoms with Crippen LogP contribution in [0.3, 0.4) is 0 Å². The van der Waals surface area contributed by atoms with Crippen molar-refractivity contribution in [2.75, 3.05) is 6.61 Å². The number of nitrogens with one attached hydrogen (secondary N) is 2. The molecule has 1 aliphatic heterocycles. The molecule has 4 N–H and O–H groups in total. The van der Waals surface area contributed by atoms with Gasteiger partial charge < -0.3 is 14.9 Å². The normalized spacial score (nSPS) is 19.8. The second-order valence-electron chi connectivity index (χ2n) is 2.26. The van der Waals surface area contributed by atoms with Crippen LogP contribution in [0.4, 0.5) is 0 Å². The Hall–Kier alpha value is -1.85. The average Bonchev–Trinajstić information content (AvgIpc) is 2.04. The van der Waals surface area contributed by atoms with Crippen LogP contribution in [0.15, 0.2) is 23.5 Å². The van der Waals surface area contributed by atoms with E-state index in [1.807, 2.05) is 0 Å². The summed E-state index contributed by atoms with van der Waals surface area (Å²) in [6.45, 7) is 1.94. The van der Waals surface area contributed by atoms with Gasteiger partial charge in [-0.3, -0.25) is 15.6 Å². The van der Waals surface area contributed by atoms with Crippen molar-refractivity contribution in [3.8, 4) is 0 Å². The van der Waals surface area contributed by atoms with Crippen LogP contribution < -0.4 is 10.9 Å². The number of carbonyl (C=O) groups is 1. The number of hydrogen-bond acceptors (Lipinski definition) is 5. The van der Waals surface area contributed by atoms with E-state index in [2.05, 4.69) is 10.9 Å². The van der Waals surface area contributed by atoms with Crippen LogP contribution in [0.5, 0.6) is 0 Å². The Morgan fingerprint density at radius 1 is 1.62 bits per heavy atom. The van der Waals surface area contributed by atoms with E-state index in [0.29, 0.717) is 0 Å². The second-order valence-corrected chi connectivity index (χ2v) is 2.26. The van der Waals surface area contributed by atoms with Gasteiger partial charge in [0.15, 0.2) is 11.5 Å². The molecule has 0 aromatic carbocycles. The lowest BCUT2D eigenvalue weighted by Crippen LogP contribution is -2.41. The Bertz CT molecular complexity index is 282. The zero-order valence-corrected chi connectivity index (χ0v) is 7.00. The number of amides is 1. The first-order valence-corrected chi connectivity index (χ1v) is 3.68. The molecule has 0 atom stereocenters. The van der Waals surface area contributed by atoms with Crippen LogP contribution in [-0.4, -0.2) is 22.7 Å². The highest BCUT2D eigenvalue weighted by atomic mass is 16.6. The third-order valence-electron chi connectivity index (χ3n) is 1.33. The van der Waals surface area contributed by atoms with Gasteiger partial charge in [-0.1, -0.05) is 0 Å². The van der Waals surface area contributed by atoms with Gasteiger partial charge in [-0.2, -0.15) is 0 Å². The summed E-state index contributed by atoms with van der Waals surface area (Å²) in [5, 5.41) is 18.3. The third kappa shape index (κ3) is 2.05. The zero-order chi connectivity index (χ0) is 9.84. The van der Waals surface area contributed by atoms with Crippen molar-refractivity contribution in [3.05, 3.63) is 23.5 Å². The topological polar surface area (TPSA) is 90.8 Å². The molecule has 0 bridgehead atoms. The fourth-order valence-electron chi connectivity index (χ4n) is 0.792. The minimum Gasteiger partial charge on any atom is -0.505 e. The van der Waals surface area contributed by atoms with Crippen LogP contribution in [0.25, 0.3) is 0 Å². The molecular weight excluding hydrogens is 176 g/mol. The smallest absolute Gasteiger partial charge is 0.306 e. The Labute approximate surface area is 74.5 Å². The van der Waals surface area contributed by atoms with Crippen LogP contribution in [-0.2, 0) is 9.53 Å². The van der Waals surface area contributed by atoms with Gasteiger partial charge in [0.1, 0.15) is 0 Å². The average molecular weight is 186 g/mol. The lowest BCUT2D eigenvalue weighted by atomic mass is 10.3. The van der Waals surface area contributed by atoms with Crippen LogP contribution >= 0.6 is 0 Å². The number of hydrogen-bond donors (Lipinski definition) is 4. The van der Waals surface area contributed by atoms with Crippen molar-refractivity contribution in [1.29, 1.82) is 0 Å². The molecule has 1 rings (SSSR count). The molecule has 13 heavy (non-hydrogen) atoms. The molecule has 0 saturated heterocycles. The second kappa shape index (κ2) is 3.70. The number of ether oxygens (including phenoxy) is 1. The lowest BCUT2D eigenvalue weighted by molar-refractivity contribution is -0.117. The molecule has 1 amide bonds. The fraction of sp³-hybridized carbons (Fsp3) is 0.286. The standard InChI is InChI=1S/C7H10N2O4/c1-2-13-7(12)6-4(10)3-5(11)8-9-6/h3,9-10,12H,2H2,1H3,(H,8,11). The SMILES string of the molecule is CCOC(O)=C1NNC(=O)C=C1O. The summed E-state index contributed by atoms with van der Waals surface area (Å²) >= 11 is 0. The summed E-state index contributed by atoms with van der Waals surface area (Å²) in [6, 6.07) is 0. The molecule has 0 spiro atoms. The fourth-order valence-corrected chi connectivity index (χ4v) is 0.792. The molecule has 0 aliphatic carbocycles. The predicted molar refractivity (Wildman–Crippen MR) is 43.3 cm³/mol. The lowest BCUT2D eigenvalue weighted by Gasteiger charge is -2.16. The Morgan fingerprint density at radius 2 is 2.31 bits per heavy atom. The molecule has 0 aromatic heterocycles. The molecule has 0 aromatic rings. The van der Waals surface area contributed by atoms with E-state index in [0.717, 1.165) is 6.08 Å². The van der Waals surface area contributed by atoms with Gasteiger partial charge in [0, 0.05) is 6.08 Å². The highest BCUT2D eigenvalue weighted by molar-refractivity contribution is 5.89. The molecule has 0 radical (unpaired) electrons. The van der Waals surface area contributed by atoms with Crippen molar-refractivity contribution in [1.82, 2.24) is 10.9 Å². The van der Waals surface area contributed by atoms with E-state index in [1.165, 1.54) is 0 Å². The molecule has 0 unspecified atom stereocenters. The van der Waals surface area contributed by atoms with E-state index >= 15 is 0 Å². The number of aliphatic hydroxyl groups excluding tert-OH is 2. The predicted octanol–water partition coefficient (Wildman–Crippen LogP) is -0.174. The summed E-state index contributed by atoms with van der Waals surface area (Å²) in [6.07, 6.45) is 0.932. The highest BCUT2D eigenvalue weighted by Gasteiger charge is 2.18. The van der Waals surface area contributed by atoms with Crippen molar-refractivity contribution in [3.63, 3.8) is 0 Å². The van der Waals surface area contributed by atoms with E-state index in [4.69, 9.17) is 4.74 Å². The molecule has 72 valence electrons. The summed E-state index contributed by atoms with van der Waals surface area (Å²) < 4.78 is 4.71. The van der Waals surface area contributed by atoms with Crippen LogP contribution in [0, 0.1) is 0 Å². The van der Waals surface area contributed by atoms with Gasteiger partial charge in [0.25, 0.3) is 5.91 Å². The van der Waals surface area contributed by atoms with Crippen molar-refractivity contribution < 1.29 is 19.7 Å². The first kappa shape index (κ1) is 9.24. The molecular formula is C7H10N2O4. The maximum absolute atomic E-state index is 10.6. The summed E-state index contributed by atoms with van der Waals surface area (Å²) in [5.41, 5.74) is 4.41. The van der Waals surface area contributed by atoms with Gasteiger partial charge in [0.2, 0.25) is 0 Å². The Kier molecular flexibility index (Phi) is 2.63. The largest absolute Gasteiger partial charge is 0.505 e. The van der Waals surface area contributed by atoms with Crippen LogP contribution in [0.2, 0.25) is 0 Å². The Morgan fingerprint density at radius 3 is 2.85 bits per heavy atom. The van der Waals surface area contributed by atoms with Crippen molar-refractivity contribution >= 4 is 5.91 Å². The molecule has 1 aliphatic rings. The van der Waals surface area contributed by atoms with E-state index in [1.54, 1.807) is 6.92 Å². The maximum atomic E-state index is 10.6. The summed E-state index contributed by atoms with van der Waals surface area (Å²) in [5.74, 6) is -1.32. The monoisotopic (exact) mass is 186 g/mol. The zero-order valence-electron chi connectivity index (χ0n) is 7.00. The molecule has 6 heteroatoms. The minimum absolute atomic E-state index is 0.0542. The van der Waals surface area contributed by atoms with E-state index < -0.39 is 11.9 Å². The first-order valence-electron chi connectivity index (χ1n) is 3.68. The maximum Gasteiger partial charge on any atom is 0.306 e. The molecule has 0 fully saturated rings. The number of carbonyl (C=O) groups excluding carboxylic acids is 1. The quantitative estimate of drug-likeness (QED) is 0.449. The van der Waals surface area contributed by atoms with Gasteiger partial charge >= 0.3 is 5.95 Å². The van der Waals surface area contributed by atoms with Gasteiger partial charge in [0.05, 0.1) is 6.61 Å². The van der Waals surface area contributed by atoms with Gasteiger partial charge in [-0.25, -0.2) is 0 Å². The summed E-state index contributed by atoms with van der Waals surface area (Å²) in [4.78, 5) is 10.6. The minimum atomic E-state index is -0.495. The van der Waals surface area contributed by atoms with Crippen LogP contribution in [0.1, 0.15) is 6.92 Å². The highest BCUT2D eigenvalue weighted by Crippen LogP contribution is 2.10. The number of rotatable bonds is 2. The number of aliphatic hydroxyl groups is 2. The number of hydrazine groups is 1.